The van der Waals surface area contributed by atoms with E-state index in [0.717, 1.165) is 19.4 Å². The summed E-state index contributed by atoms with van der Waals surface area (Å²) in [5, 5.41) is 1.30. The second-order valence-electron chi connectivity index (χ2n) is 9.72. The Balaban J connectivity index is 1.67. The van der Waals surface area contributed by atoms with Gasteiger partial charge in [-0.3, -0.25) is 9.59 Å². The first-order valence-electron chi connectivity index (χ1n) is 12.2. The molecule has 2 fully saturated rings. The molecule has 1 aromatic carbocycles. The molecule has 0 amide bonds. The van der Waals surface area contributed by atoms with Crippen molar-refractivity contribution in [3.05, 3.63) is 39.5 Å². The molecule has 2 aliphatic rings. The molecular weight excluding hydrogens is 508 g/mol. The van der Waals surface area contributed by atoms with E-state index in [1.165, 1.54) is 11.8 Å². The molecule has 0 radical (unpaired) electrons. The Morgan fingerprint density at radius 3 is 2.53 bits per heavy atom. The number of ether oxygens (including phenoxy) is 1. The van der Waals surface area contributed by atoms with Gasteiger partial charge in [0.25, 0.3) is 0 Å². The van der Waals surface area contributed by atoms with E-state index >= 15 is 0 Å². The van der Waals surface area contributed by atoms with Crippen molar-refractivity contribution < 1.29 is 18.3 Å². The maximum atomic E-state index is 13.5. The van der Waals surface area contributed by atoms with Crippen molar-refractivity contribution in [3.8, 4) is 0 Å². The van der Waals surface area contributed by atoms with E-state index in [9.17, 15) is 18.4 Å². The molecule has 0 N–H and O–H groups in total. The number of carbonyl (C=O) groups is 1. The molecule has 3 aromatic rings. The lowest BCUT2D eigenvalue weighted by atomic mass is 9.81. The van der Waals surface area contributed by atoms with Gasteiger partial charge < -0.3 is 14.2 Å². The number of nitrogens with zero attached hydrogens (tertiary/aromatic N) is 3. The van der Waals surface area contributed by atoms with Crippen molar-refractivity contribution in [2.75, 3.05) is 30.9 Å². The zero-order valence-electron chi connectivity index (χ0n) is 20.2. The van der Waals surface area contributed by atoms with Gasteiger partial charge in [0, 0.05) is 31.3 Å². The summed E-state index contributed by atoms with van der Waals surface area (Å²) in [5.41, 5.74) is 0.700. The first-order valence-corrected chi connectivity index (χ1v) is 13.8. The van der Waals surface area contributed by atoms with E-state index in [4.69, 9.17) is 21.3 Å². The van der Waals surface area contributed by atoms with E-state index in [0.29, 0.717) is 50.1 Å². The van der Waals surface area contributed by atoms with Crippen LogP contribution in [0.3, 0.4) is 0 Å². The zero-order chi connectivity index (χ0) is 25.6. The first kappa shape index (κ1) is 25.3. The second-order valence-corrected chi connectivity index (χ2v) is 10.9. The Morgan fingerprint density at radius 1 is 1.19 bits per heavy atom. The fourth-order valence-corrected chi connectivity index (χ4v) is 6.09. The van der Waals surface area contributed by atoms with Gasteiger partial charge in [-0.05, 0) is 62.1 Å². The molecule has 2 aliphatic carbocycles. The molecule has 0 atom stereocenters. The molecule has 0 unspecified atom stereocenters. The summed E-state index contributed by atoms with van der Waals surface area (Å²) in [6.45, 7) is 3.05. The highest BCUT2D eigenvalue weighted by Crippen LogP contribution is 2.43. The van der Waals surface area contributed by atoms with Crippen molar-refractivity contribution in [2.45, 2.75) is 50.0 Å². The lowest BCUT2D eigenvalue weighted by molar-refractivity contribution is -0.143. The van der Waals surface area contributed by atoms with Crippen LogP contribution in [-0.2, 0) is 16.1 Å². The number of pyridine rings is 2. The number of rotatable bonds is 9. The molecule has 5 rings (SSSR count). The van der Waals surface area contributed by atoms with Crippen LogP contribution < -0.4 is 10.3 Å². The summed E-state index contributed by atoms with van der Waals surface area (Å²) in [7, 11) is 0. The highest BCUT2D eigenvalue weighted by Gasteiger charge is 2.46. The quantitative estimate of drug-likeness (QED) is 0.197. The smallest absolute Gasteiger partial charge is 0.326 e. The largest absolute Gasteiger partial charge is 0.465 e. The summed E-state index contributed by atoms with van der Waals surface area (Å²) in [4.78, 5) is 33.7. The fourth-order valence-electron chi connectivity index (χ4n) is 5.03. The monoisotopic (exact) mass is 535 g/mol. The predicted octanol–water partition coefficient (Wildman–Crippen LogP) is 5.75. The van der Waals surface area contributed by atoms with Gasteiger partial charge in [-0.1, -0.05) is 11.6 Å². The Kier molecular flexibility index (Phi) is 6.89. The molecule has 6 nitrogen and oxygen atoms in total. The van der Waals surface area contributed by atoms with Gasteiger partial charge in [-0.15, -0.1) is 11.8 Å². The predicted molar refractivity (Wildman–Crippen MR) is 140 cm³/mol. The molecule has 36 heavy (non-hydrogen) atoms. The van der Waals surface area contributed by atoms with Crippen LogP contribution in [0.25, 0.3) is 21.9 Å². The zero-order valence-corrected chi connectivity index (χ0v) is 21.8. The molecule has 2 aromatic heterocycles. The highest BCUT2D eigenvalue weighted by molar-refractivity contribution is 7.99. The van der Waals surface area contributed by atoms with Gasteiger partial charge in [-0.2, -0.15) is 0 Å². The average Bonchev–Trinajstić information content (AvgIpc) is 3.64. The van der Waals surface area contributed by atoms with E-state index in [-0.39, 0.29) is 37.3 Å². The van der Waals surface area contributed by atoms with Gasteiger partial charge in [-0.25, -0.2) is 13.8 Å². The van der Waals surface area contributed by atoms with Gasteiger partial charge >= 0.3 is 5.97 Å². The number of hydrogen-bond acceptors (Lipinski definition) is 6. The lowest BCUT2D eigenvalue weighted by Gasteiger charge is -2.38. The summed E-state index contributed by atoms with van der Waals surface area (Å²) in [6, 6.07) is 6.87. The van der Waals surface area contributed by atoms with Crippen molar-refractivity contribution in [1.82, 2.24) is 9.55 Å². The molecule has 0 aliphatic heterocycles. The third kappa shape index (κ3) is 4.92. The van der Waals surface area contributed by atoms with E-state index in [2.05, 4.69) is 4.90 Å². The number of benzene rings is 1. The number of fused-ring (bicyclic) bond motifs is 2. The normalized spacial score (nSPS) is 17.4. The second kappa shape index (κ2) is 9.82. The van der Waals surface area contributed by atoms with Crippen LogP contribution >= 0.6 is 23.4 Å². The number of thioether (sulfide) groups is 1. The van der Waals surface area contributed by atoms with E-state index < -0.39 is 11.9 Å². The average molecular weight is 536 g/mol. The SMILES string of the molecule is CCOC(=O)Cn1c2nc(N(CC3CC3)CC3CC(F)(F)C3)ccc2c(=O)c2ccc(Cl)c(SC)c21. The Bertz CT molecular complexity index is 1380. The van der Waals surface area contributed by atoms with Gasteiger partial charge in [0.15, 0.2) is 5.43 Å². The number of aromatic nitrogens is 2. The van der Waals surface area contributed by atoms with Crippen LogP contribution in [-0.4, -0.2) is 47.4 Å². The van der Waals surface area contributed by atoms with Crippen LogP contribution in [0.1, 0.15) is 32.6 Å². The first-order chi connectivity index (χ1) is 17.2. The molecule has 0 bridgehead atoms. The van der Waals surface area contributed by atoms with E-state index in [1.807, 2.05) is 6.26 Å². The summed E-state index contributed by atoms with van der Waals surface area (Å²) in [5.74, 6) is -2.00. The van der Waals surface area contributed by atoms with Crippen LogP contribution in [0.5, 0.6) is 0 Å². The molecule has 192 valence electrons. The van der Waals surface area contributed by atoms with E-state index in [1.54, 1.807) is 35.8 Å². The topological polar surface area (TPSA) is 64.4 Å². The standard InChI is InChI=1S/C26H28ClF2N3O3S/c1-3-35-21(33)14-32-22-17(6-8-19(27)24(22)36-2)23(34)18-7-9-20(30-25(18)32)31(12-15-4-5-15)13-16-10-26(28,29)11-16/h6-9,15-16H,3-5,10-14H2,1-2H3. The molecular formula is C26H28ClF2N3O3S. The number of alkyl halides is 2. The summed E-state index contributed by atoms with van der Waals surface area (Å²) >= 11 is 7.87. The van der Waals surface area contributed by atoms with Gasteiger partial charge in [0.05, 0.1) is 27.4 Å². The lowest BCUT2D eigenvalue weighted by Crippen LogP contribution is -2.43. The third-order valence-electron chi connectivity index (χ3n) is 6.91. The molecule has 2 heterocycles. The van der Waals surface area contributed by atoms with Crippen LogP contribution in [0.2, 0.25) is 5.02 Å². The molecule has 0 saturated heterocycles. The number of carbonyl (C=O) groups excluding carboxylic acids is 1. The minimum Gasteiger partial charge on any atom is -0.465 e. The molecule has 0 spiro atoms. The van der Waals surface area contributed by atoms with Crippen molar-refractivity contribution >= 4 is 57.1 Å². The van der Waals surface area contributed by atoms with Crippen molar-refractivity contribution in [2.24, 2.45) is 11.8 Å². The summed E-state index contributed by atoms with van der Waals surface area (Å²) < 4.78 is 34.0. The Hall–Kier alpha value is -2.39. The maximum absolute atomic E-state index is 13.5. The fraction of sp³-hybridized carbons (Fsp3) is 0.500. The molecule has 2 saturated carbocycles. The number of esters is 1. The third-order valence-corrected chi connectivity index (χ3v) is 8.16. The van der Waals surface area contributed by atoms with Gasteiger partial charge in [0.1, 0.15) is 18.0 Å². The number of anilines is 1. The molecule has 10 heteroatoms. The van der Waals surface area contributed by atoms with Crippen molar-refractivity contribution in [3.63, 3.8) is 0 Å². The summed E-state index contributed by atoms with van der Waals surface area (Å²) in [6.07, 6.45) is 3.85. The van der Waals surface area contributed by atoms with Crippen LogP contribution in [0.4, 0.5) is 14.6 Å². The van der Waals surface area contributed by atoms with Crippen LogP contribution in [0, 0.1) is 11.8 Å². The maximum Gasteiger partial charge on any atom is 0.326 e. The highest BCUT2D eigenvalue weighted by atomic mass is 35.5. The van der Waals surface area contributed by atoms with Gasteiger partial charge in [0.2, 0.25) is 5.92 Å². The van der Waals surface area contributed by atoms with Crippen molar-refractivity contribution in [1.29, 1.82) is 0 Å². The van der Waals surface area contributed by atoms with Crippen LogP contribution in [0.15, 0.2) is 34.0 Å². The number of hydrogen-bond donors (Lipinski definition) is 0. The minimum atomic E-state index is -2.58. The number of halogens is 3. The minimum absolute atomic E-state index is 0.100. The Labute approximate surface area is 216 Å². The Morgan fingerprint density at radius 2 is 1.89 bits per heavy atom.